The molecule has 0 spiro atoms. The smallest absolute Gasteiger partial charge is 0.328 e. The number of rotatable bonds is 1. The van der Waals surface area contributed by atoms with Crippen molar-refractivity contribution in [2.24, 2.45) is 19.5 Å². The fourth-order valence-corrected chi connectivity index (χ4v) is 5.79. The zero-order valence-electron chi connectivity index (χ0n) is 19.4. The molecule has 1 N–H and O–H groups in total. The van der Waals surface area contributed by atoms with Crippen molar-refractivity contribution >= 4 is 38.8 Å². The van der Waals surface area contributed by atoms with Crippen molar-refractivity contribution in [3.8, 4) is 0 Å². The van der Waals surface area contributed by atoms with Crippen LogP contribution in [0, 0.1) is 5.41 Å². The molecular weight excluding hydrogens is 410 g/mol. The summed E-state index contributed by atoms with van der Waals surface area (Å²) in [4.78, 5) is 26.1. The maximum atomic E-state index is 13.6. The number of aromatic nitrogens is 2. The first-order valence-electron chi connectivity index (χ1n) is 11.5. The minimum Gasteiger partial charge on any atom is -0.373 e. The van der Waals surface area contributed by atoms with Crippen molar-refractivity contribution in [3.63, 3.8) is 0 Å². The molecule has 6 rings (SSSR count). The zero-order chi connectivity index (χ0) is 23.1. The normalized spacial score (nSPS) is 19.5. The van der Waals surface area contributed by atoms with Gasteiger partial charge in [0.25, 0.3) is 0 Å². The molecule has 166 valence electrons. The highest BCUT2D eigenvalue weighted by Crippen LogP contribution is 2.52. The van der Waals surface area contributed by atoms with Gasteiger partial charge in [0.2, 0.25) is 0 Å². The quantitative estimate of drug-likeness (QED) is 0.437. The number of hydrogen-bond donors (Lipinski definition) is 1. The second-order valence-electron chi connectivity index (χ2n) is 10.3. The number of anilines is 1. The van der Waals surface area contributed by atoms with Gasteiger partial charge in [-0.2, -0.15) is 0 Å². The monoisotopic (exact) mass is 437 g/mol. The zero-order valence-corrected chi connectivity index (χ0v) is 19.4. The number of nitrogens with one attached hydrogen (secondary N) is 1. The summed E-state index contributed by atoms with van der Waals surface area (Å²) in [6.45, 7) is 4.37. The lowest BCUT2D eigenvalue weighted by Gasteiger charge is -2.40. The molecule has 1 atom stereocenters. The number of Topliss-reactive ketones (excluding diaryl/α,β-unsaturated/α-hetero) is 1. The third kappa shape index (κ3) is 2.85. The van der Waals surface area contributed by atoms with E-state index in [1.807, 2.05) is 12.1 Å². The fourth-order valence-electron chi connectivity index (χ4n) is 5.79. The van der Waals surface area contributed by atoms with E-state index in [-0.39, 0.29) is 22.9 Å². The van der Waals surface area contributed by atoms with Gasteiger partial charge in [-0.15, -0.1) is 0 Å². The third-order valence-corrected chi connectivity index (χ3v) is 7.37. The van der Waals surface area contributed by atoms with Crippen LogP contribution in [-0.2, 0) is 18.9 Å². The van der Waals surface area contributed by atoms with Crippen molar-refractivity contribution < 1.29 is 4.79 Å². The Morgan fingerprint density at radius 1 is 0.909 bits per heavy atom. The van der Waals surface area contributed by atoms with E-state index in [0.717, 1.165) is 45.4 Å². The number of aryl methyl sites for hydroxylation is 2. The molecule has 0 amide bonds. The minimum absolute atomic E-state index is 0.0500. The second-order valence-corrected chi connectivity index (χ2v) is 10.3. The van der Waals surface area contributed by atoms with E-state index in [1.54, 1.807) is 23.2 Å². The van der Waals surface area contributed by atoms with Crippen LogP contribution in [0.3, 0.4) is 0 Å². The number of benzene rings is 3. The second kappa shape index (κ2) is 6.70. The van der Waals surface area contributed by atoms with Gasteiger partial charge in [0.1, 0.15) is 0 Å². The molecule has 0 fully saturated rings. The molecule has 1 unspecified atom stereocenters. The highest BCUT2D eigenvalue weighted by molar-refractivity contribution is 6.13. The minimum atomic E-state index is -0.239. The van der Waals surface area contributed by atoms with Crippen LogP contribution in [-0.4, -0.2) is 14.9 Å². The number of allylic oxidation sites excluding steroid dienone is 1. The van der Waals surface area contributed by atoms with Crippen molar-refractivity contribution in [1.29, 1.82) is 0 Å². The predicted molar refractivity (Wildman–Crippen MR) is 133 cm³/mol. The lowest BCUT2D eigenvalue weighted by molar-refractivity contribution is -0.118. The Morgan fingerprint density at radius 2 is 1.67 bits per heavy atom. The first kappa shape index (κ1) is 20.0. The van der Waals surface area contributed by atoms with Gasteiger partial charge in [0, 0.05) is 37.3 Å². The number of carbonyl (C=O) groups is 1. The summed E-state index contributed by atoms with van der Waals surface area (Å²) in [5, 5.41) is 6.06. The standard InChI is InChI=1S/C28H27N3O2/c1-28(2)14-19-24-18-8-6-5-7-16(18)9-11-20(24)29-26(25(19)23(32)15-28)17-10-12-21-22(13-17)31(4)27(33)30(21)3/h5-13,26,29H,14-15H2,1-4H3. The average molecular weight is 438 g/mol. The summed E-state index contributed by atoms with van der Waals surface area (Å²) in [5.41, 5.74) is 6.88. The van der Waals surface area contributed by atoms with Gasteiger partial charge in [-0.05, 0) is 51.9 Å². The van der Waals surface area contributed by atoms with Crippen molar-refractivity contribution in [2.75, 3.05) is 5.32 Å². The first-order valence-corrected chi connectivity index (χ1v) is 11.5. The summed E-state index contributed by atoms with van der Waals surface area (Å²) in [6, 6.07) is 18.5. The van der Waals surface area contributed by atoms with Crippen LogP contribution in [0.15, 0.2) is 65.0 Å². The molecular formula is C28H27N3O2. The van der Waals surface area contributed by atoms with Crippen LogP contribution in [0.25, 0.3) is 27.4 Å². The van der Waals surface area contributed by atoms with Crippen molar-refractivity contribution in [3.05, 3.63) is 81.8 Å². The third-order valence-electron chi connectivity index (χ3n) is 7.37. The number of nitrogens with zero attached hydrogens (tertiary/aromatic N) is 2. The van der Waals surface area contributed by atoms with Crippen LogP contribution >= 0.6 is 0 Å². The highest BCUT2D eigenvalue weighted by atomic mass is 16.1. The number of imidazole rings is 1. The maximum absolute atomic E-state index is 13.6. The Morgan fingerprint density at radius 3 is 2.48 bits per heavy atom. The molecule has 1 aliphatic carbocycles. The van der Waals surface area contributed by atoms with Crippen LogP contribution < -0.4 is 11.0 Å². The van der Waals surface area contributed by atoms with Gasteiger partial charge < -0.3 is 5.32 Å². The van der Waals surface area contributed by atoms with E-state index in [1.165, 1.54) is 10.8 Å². The van der Waals surface area contributed by atoms with Gasteiger partial charge in [0.15, 0.2) is 5.78 Å². The average Bonchev–Trinajstić information content (AvgIpc) is 3.00. The lowest BCUT2D eigenvalue weighted by atomic mass is 9.68. The van der Waals surface area contributed by atoms with Gasteiger partial charge in [-0.3, -0.25) is 13.9 Å². The van der Waals surface area contributed by atoms with Crippen LogP contribution in [0.2, 0.25) is 0 Å². The van der Waals surface area contributed by atoms with E-state index >= 15 is 0 Å². The maximum Gasteiger partial charge on any atom is 0.328 e. The molecule has 4 aromatic rings. The largest absolute Gasteiger partial charge is 0.373 e. The van der Waals surface area contributed by atoms with E-state index in [4.69, 9.17) is 0 Å². The van der Waals surface area contributed by atoms with Crippen LogP contribution in [0.1, 0.15) is 43.9 Å². The molecule has 0 saturated heterocycles. The molecule has 1 aliphatic heterocycles. The summed E-state index contributed by atoms with van der Waals surface area (Å²) >= 11 is 0. The van der Waals surface area contributed by atoms with Gasteiger partial charge >= 0.3 is 5.69 Å². The highest BCUT2D eigenvalue weighted by Gasteiger charge is 2.40. The molecule has 2 aliphatic rings. The number of fused-ring (bicyclic) bond motifs is 5. The Bertz CT molecular complexity index is 1580. The molecule has 33 heavy (non-hydrogen) atoms. The number of carbonyl (C=O) groups excluding carboxylic acids is 1. The summed E-state index contributed by atoms with van der Waals surface area (Å²) in [5.74, 6) is 0.208. The molecule has 0 radical (unpaired) electrons. The summed E-state index contributed by atoms with van der Waals surface area (Å²) in [6.07, 6.45) is 1.40. The molecule has 5 heteroatoms. The van der Waals surface area contributed by atoms with E-state index in [9.17, 15) is 9.59 Å². The van der Waals surface area contributed by atoms with E-state index < -0.39 is 0 Å². The molecule has 0 bridgehead atoms. The number of ketones is 1. The number of hydrogen-bond acceptors (Lipinski definition) is 3. The predicted octanol–water partition coefficient (Wildman–Crippen LogP) is 5.34. The Hall–Kier alpha value is -3.60. The first-order chi connectivity index (χ1) is 15.7. The summed E-state index contributed by atoms with van der Waals surface area (Å²) in [7, 11) is 3.58. The molecule has 3 aromatic carbocycles. The Labute approximate surface area is 192 Å². The molecule has 5 nitrogen and oxygen atoms in total. The van der Waals surface area contributed by atoms with Crippen LogP contribution in [0.4, 0.5) is 5.69 Å². The summed E-state index contributed by atoms with van der Waals surface area (Å²) < 4.78 is 3.33. The van der Waals surface area contributed by atoms with Gasteiger partial charge in [0.05, 0.1) is 17.1 Å². The van der Waals surface area contributed by atoms with Gasteiger partial charge in [-0.1, -0.05) is 50.2 Å². The van der Waals surface area contributed by atoms with Crippen molar-refractivity contribution in [2.45, 2.75) is 32.7 Å². The fraction of sp³-hybridized carbons (Fsp3) is 0.286. The SMILES string of the molecule is Cn1c(=O)n(C)c2cc(C3Nc4ccc5ccccc5c4C4=C3C(=O)CC(C)(C)C4)ccc21. The molecule has 1 aromatic heterocycles. The van der Waals surface area contributed by atoms with E-state index in [0.29, 0.717) is 6.42 Å². The Balaban J connectivity index is 1.63. The topological polar surface area (TPSA) is 56.0 Å². The van der Waals surface area contributed by atoms with E-state index in [2.05, 4.69) is 61.6 Å². The lowest BCUT2D eigenvalue weighted by Crippen LogP contribution is -2.33. The molecule has 0 saturated carbocycles. The Kier molecular flexibility index (Phi) is 4.07. The van der Waals surface area contributed by atoms with Gasteiger partial charge in [-0.25, -0.2) is 4.79 Å². The van der Waals surface area contributed by atoms with Crippen molar-refractivity contribution in [1.82, 2.24) is 9.13 Å². The molecule has 2 heterocycles. The van der Waals surface area contributed by atoms with Crippen LogP contribution in [0.5, 0.6) is 0 Å².